The molecule has 6 nitrogen and oxygen atoms in total. The first-order chi connectivity index (χ1) is 9.51. The Morgan fingerprint density at radius 2 is 2.20 bits per heavy atom. The lowest BCUT2D eigenvalue weighted by molar-refractivity contribution is 0.596. The molecule has 0 saturated heterocycles. The van der Waals surface area contributed by atoms with Crippen LogP contribution in [0.4, 0.5) is 0 Å². The highest BCUT2D eigenvalue weighted by Gasteiger charge is 2.09. The minimum absolute atomic E-state index is 0.364. The van der Waals surface area contributed by atoms with Crippen molar-refractivity contribution in [3.8, 4) is 0 Å². The van der Waals surface area contributed by atoms with Gasteiger partial charge in [-0.2, -0.15) is 4.98 Å². The second-order valence-corrected chi connectivity index (χ2v) is 5.52. The Balaban J connectivity index is 2.33. The smallest absolute Gasteiger partial charge is 0.330 e. The van der Waals surface area contributed by atoms with Crippen LogP contribution >= 0.6 is 23.4 Å². The van der Waals surface area contributed by atoms with Crippen LogP contribution in [0.1, 0.15) is 5.56 Å². The van der Waals surface area contributed by atoms with Crippen LogP contribution in [0.3, 0.4) is 0 Å². The summed E-state index contributed by atoms with van der Waals surface area (Å²) in [6.07, 6.45) is 0.750. The molecule has 2 aromatic rings. The number of nitrogens with two attached hydrogens (primary N) is 1. The van der Waals surface area contributed by atoms with E-state index in [1.807, 2.05) is 18.2 Å². The van der Waals surface area contributed by atoms with Crippen molar-refractivity contribution in [3.05, 3.63) is 49.5 Å². The second kappa shape index (κ2) is 6.25. The molecule has 0 bridgehead atoms. The van der Waals surface area contributed by atoms with E-state index in [1.165, 1.54) is 16.4 Å². The van der Waals surface area contributed by atoms with Gasteiger partial charge in [0.15, 0.2) is 5.16 Å². The molecular formula is C12H13ClN4O2S. The topological polar surface area (TPSA) is 93.8 Å². The van der Waals surface area contributed by atoms with Gasteiger partial charge >= 0.3 is 11.1 Å². The molecule has 0 aliphatic carbocycles. The number of aryl methyl sites for hydroxylation is 1. The quantitative estimate of drug-likeness (QED) is 0.814. The van der Waals surface area contributed by atoms with Gasteiger partial charge in [-0.1, -0.05) is 17.7 Å². The lowest BCUT2D eigenvalue weighted by Gasteiger charge is -2.08. The van der Waals surface area contributed by atoms with Crippen molar-refractivity contribution in [1.29, 1.82) is 0 Å². The molecule has 20 heavy (non-hydrogen) atoms. The van der Waals surface area contributed by atoms with E-state index in [-0.39, 0.29) is 0 Å². The van der Waals surface area contributed by atoms with E-state index in [1.54, 1.807) is 7.05 Å². The van der Waals surface area contributed by atoms with E-state index in [9.17, 15) is 9.59 Å². The van der Waals surface area contributed by atoms with Crippen LogP contribution in [0.15, 0.2) is 37.8 Å². The van der Waals surface area contributed by atoms with Crippen LogP contribution in [0.25, 0.3) is 0 Å². The summed E-state index contributed by atoms with van der Waals surface area (Å²) < 4.78 is 1.39. The molecule has 2 rings (SSSR count). The van der Waals surface area contributed by atoms with Crippen molar-refractivity contribution in [2.75, 3.05) is 6.54 Å². The van der Waals surface area contributed by atoms with Gasteiger partial charge in [-0.05, 0) is 42.4 Å². The van der Waals surface area contributed by atoms with E-state index in [4.69, 9.17) is 17.3 Å². The Kier molecular flexibility index (Phi) is 4.64. The monoisotopic (exact) mass is 312 g/mol. The molecule has 106 valence electrons. The SMILES string of the molecule is Cn1[nH]c(=O)c(=O)nc1Sc1ccc(CCN)cc1Cl. The molecule has 1 heterocycles. The predicted molar refractivity (Wildman–Crippen MR) is 78.4 cm³/mol. The van der Waals surface area contributed by atoms with Crippen molar-refractivity contribution in [2.45, 2.75) is 16.5 Å². The normalized spacial score (nSPS) is 10.8. The van der Waals surface area contributed by atoms with Crippen LogP contribution < -0.4 is 16.9 Å². The summed E-state index contributed by atoms with van der Waals surface area (Å²) in [5.74, 6) is 0. The molecule has 1 aromatic carbocycles. The average Bonchev–Trinajstić information content (AvgIpc) is 2.39. The summed E-state index contributed by atoms with van der Waals surface area (Å²) in [6, 6.07) is 5.60. The van der Waals surface area contributed by atoms with E-state index >= 15 is 0 Å². The summed E-state index contributed by atoms with van der Waals surface area (Å²) in [5, 5.41) is 3.30. The number of nitrogens with zero attached hydrogens (tertiary/aromatic N) is 2. The van der Waals surface area contributed by atoms with E-state index in [2.05, 4.69) is 10.1 Å². The van der Waals surface area contributed by atoms with Crippen LogP contribution in [-0.2, 0) is 13.5 Å². The molecule has 0 saturated carbocycles. The number of H-pyrrole nitrogens is 1. The molecule has 0 amide bonds. The Morgan fingerprint density at radius 1 is 1.45 bits per heavy atom. The Morgan fingerprint density at radius 3 is 2.85 bits per heavy atom. The minimum atomic E-state index is -0.818. The van der Waals surface area contributed by atoms with Crippen molar-refractivity contribution in [3.63, 3.8) is 0 Å². The van der Waals surface area contributed by atoms with Gasteiger partial charge in [0.05, 0.1) is 5.02 Å². The van der Waals surface area contributed by atoms with Crippen molar-refractivity contribution < 1.29 is 0 Å². The standard InChI is InChI=1S/C12H13ClN4O2S/c1-17-12(15-10(18)11(19)16-17)20-9-3-2-7(4-5-14)6-8(9)13/h2-3,6H,4-5,14H2,1H3,(H,16,19). The number of rotatable bonds is 4. The summed E-state index contributed by atoms with van der Waals surface area (Å²) >= 11 is 7.40. The number of hydrogen-bond acceptors (Lipinski definition) is 5. The maximum Gasteiger partial charge on any atom is 0.339 e. The fourth-order valence-electron chi connectivity index (χ4n) is 1.60. The molecule has 0 spiro atoms. The first-order valence-electron chi connectivity index (χ1n) is 5.85. The molecule has 0 atom stereocenters. The molecule has 8 heteroatoms. The third-order valence-electron chi connectivity index (χ3n) is 2.58. The molecule has 0 fully saturated rings. The molecule has 1 aromatic heterocycles. The summed E-state index contributed by atoms with van der Waals surface area (Å²) in [4.78, 5) is 26.9. The molecule has 0 unspecified atom stereocenters. The number of nitrogens with one attached hydrogen (secondary N) is 1. The molecule has 3 N–H and O–H groups in total. The van der Waals surface area contributed by atoms with Crippen LogP contribution in [0, 0.1) is 0 Å². The summed E-state index contributed by atoms with van der Waals surface area (Å²) in [6.45, 7) is 0.554. The van der Waals surface area contributed by atoms with Gasteiger partial charge in [-0.25, -0.2) is 0 Å². The zero-order valence-corrected chi connectivity index (χ0v) is 12.3. The number of halogens is 1. The molecule has 0 radical (unpaired) electrons. The van der Waals surface area contributed by atoms with Gasteiger partial charge in [-0.15, -0.1) is 0 Å². The van der Waals surface area contributed by atoms with Crippen LogP contribution in [-0.4, -0.2) is 21.3 Å². The van der Waals surface area contributed by atoms with Crippen molar-refractivity contribution in [2.24, 2.45) is 12.8 Å². The maximum atomic E-state index is 11.3. The van der Waals surface area contributed by atoms with Crippen LogP contribution in [0.5, 0.6) is 0 Å². The fourth-order valence-corrected chi connectivity index (χ4v) is 2.72. The highest BCUT2D eigenvalue weighted by Crippen LogP contribution is 2.31. The lowest BCUT2D eigenvalue weighted by Crippen LogP contribution is -2.33. The number of aromatic amines is 1. The predicted octanol–water partition coefficient (Wildman–Crippen LogP) is 0.774. The second-order valence-electron chi connectivity index (χ2n) is 4.10. The zero-order chi connectivity index (χ0) is 14.7. The van der Waals surface area contributed by atoms with Crippen LogP contribution in [0.2, 0.25) is 5.02 Å². The Labute approximate surface area is 124 Å². The molecule has 0 aliphatic heterocycles. The number of hydrogen-bond donors (Lipinski definition) is 2. The van der Waals surface area contributed by atoms with Gasteiger partial charge in [0.2, 0.25) is 0 Å². The third kappa shape index (κ3) is 3.30. The van der Waals surface area contributed by atoms with Gasteiger partial charge in [-0.3, -0.25) is 19.4 Å². The largest absolute Gasteiger partial charge is 0.339 e. The molecular weight excluding hydrogens is 300 g/mol. The van der Waals surface area contributed by atoms with Gasteiger partial charge < -0.3 is 5.73 Å². The van der Waals surface area contributed by atoms with Gasteiger partial charge in [0.1, 0.15) is 0 Å². The highest BCUT2D eigenvalue weighted by atomic mass is 35.5. The van der Waals surface area contributed by atoms with E-state index in [0.717, 1.165) is 16.9 Å². The zero-order valence-electron chi connectivity index (χ0n) is 10.7. The Bertz CT molecular complexity index is 741. The minimum Gasteiger partial charge on any atom is -0.330 e. The maximum absolute atomic E-state index is 11.3. The highest BCUT2D eigenvalue weighted by molar-refractivity contribution is 7.99. The third-order valence-corrected chi connectivity index (χ3v) is 4.13. The van der Waals surface area contributed by atoms with Crippen molar-refractivity contribution in [1.82, 2.24) is 14.8 Å². The summed E-state index contributed by atoms with van der Waals surface area (Å²) in [5.41, 5.74) is 4.97. The first kappa shape index (κ1) is 14.8. The fraction of sp³-hybridized carbons (Fsp3) is 0.250. The lowest BCUT2D eigenvalue weighted by atomic mass is 10.1. The summed E-state index contributed by atoms with van der Waals surface area (Å²) in [7, 11) is 1.60. The molecule has 0 aliphatic rings. The van der Waals surface area contributed by atoms with Gasteiger partial charge in [0, 0.05) is 11.9 Å². The first-order valence-corrected chi connectivity index (χ1v) is 7.04. The number of benzene rings is 1. The Hall–Kier alpha value is -1.57. The average molecular weight is 313 g/mol. The van der Waals surface area contributed by atoms with E-state index < -0.39 is 11.1 Å². The number of aromatic nitrogens is 3. The van der Waals surface area contributed by atoms with Gasteiger partial charge in [0.25, 0.3) is 0 Å². The van der Waals surface area contributed by atoms with E-state index in [0.29, 0.717) is 16.7 Å². The van der Waals surface area contributed by atoms with Crippen molar-refractivity contribution >= 4 is 23.4 Å².